The summed E-state index contributed by atoms with van der Waals surface area (Å²) in [6, 6.07) is 4.79. The highest BCUT2D eigenvalue weighted by atomic mass is 35.5. The van der Waals surface area contributed by atoms with Crippen molar-refractivity contribution in [2.24, 2.45) is 0 Å². The Labute approximate surface area is 122 Å². The molecule has 0 aliphatic heterocycles. The number of Topliss-reactive ketones (excluding diaryl/α,β-unsaturated/α-hetero) is 1. The number of carbonyl (C=O) groups is 2. The summed E-state index contributed by atoms with van der Waals surface area (Å²) in [7, 11) is 3.36. The lowest BCUT2D eigenvalue weighted by molar-refractivity contribution is -0.120. The summed E-state index contributed by atoms with van der Waals surface area (Å²) < 4.78 is 0. The first-order chi connectivity index (χ1) is 8.93. The summed E-state index contributed by atoms with van der Waals surface area (Å²) >= 11 is 11.8. The lowest BCUT2D eigenvalue weighted by Gasteiger charge is -2.15. The standard InChI is InChI=1S/C13H16Cl2N2O2/c1-16-13(19)5-6-17(2)8-12(18)10-7-9(14)3-4-11(10)15/h3-4,7H,5-6,8H2,1-2H3,(H,16,19). The minimum atomic E-state index is -0.119. The van der Waals surface area contributed by atoms with Crippen molar-refractivity contribution in [3.63, 3.8) is 0 Å². The lowest BCUT2D eigenvalue weighted by atomic mass is 10.1. The molecule has 0 radical (unpaired) electrons. The van der Waals surface area contributed by atoms with Gasteiger partial charge in [0.2, 0.25) is 5.91 Å². The maximum Gasteiger partial charge on any atom is 0.221 e. The molecule has 0 atom stereocenters. The van der Waals surface area contributed by atoms with Crippen LogP contribution in [0.15, 0.2) is 18.2 Å². The SMILES string of the molecule is CNC(=O)CCN(C)CC(=O)c1cc(Cl)ccc1Cl. The third-order valence-electron chi connectivity index (χ3n) is 2.64. The molecule has 1 amide bonds. The molecule has 1 aromatic rings. The van der Waals surface area contributed by atoms with Gasteiger partial charge < -0.3 is 5.32 Å². The van der Waals surface area contributed by atoms with Crippen LogP contribution in [0.2, 0.25) is 10.0 Å². The van der Waals surface area contributed by atoms with Crippen molar-refractivity contribution in [1.29, 1.82) is 0 Å². The van der Waals surface area contributed by atoms with Gasteiger partial charge in [0.25, 0.3) is 0 Å². The van der Waals surface area contributed by atoms with Crippen molar-refractivity contribution < 1.29 is 9.59 Å². The quantitative estimate of drug-likeness (QED) is 0.820. The highest BCUT2D eigenvalue weighted by Crippen LogP contribution is 2.21. The van der Waals surface area contributed by atoms with Gasteiger partial charge in [0.05, 0.1) is 11.6 Å². The lowest BCUT2D eigenvalue weighted by Crippen LogP contribution is -2.30. The Morgan fingerprint density at radius 3 is 2.63 bits per heavy atom. The van der Waals surface area contributed by atoms with Crippen LogP contribution in [0.5, 0.6) is 0 Å². The summed E-state index contributed by atoms with van der Waals surface area (Å²) in [5, 5.41) is 3.39. The van der Waals surface area contributed by atoms with Crippen LogP contribution in [0.1, 0.15) is 16.8 Å². The van der Waals surface area contributed by atoms with E-state index >= 15 is 0 Å². The van der Waals surface area contributed by atoms with E-state index in [-0.39, 0.29) is 18.2 Å². The fourth-order valence-electron chi connectivity index (χ4n) is 1.54. The van der Waals surface area contributed by atoms with Crippen molar-refractivity contribution in [3.05, 3.63) is 33.8 Å². The third-order valence-corrected chi connectivity index (χ3v) is 3.21. The van der Waals surface area contributed by atoms with Crippen molar-refractivity contribution in [2.45, 2.75) is 6.42 Å². The van der Waals surface area contributed by atoms with Gasteiger partial charge in [-0.3, -0.25) is 14.5 Å². The largest absolute Gasteiger partial charge is 0.359 e. The molecule has 0 spiro atoms. The molecule has 0 fully saturated rings. The number of nitrogens with one attached hydrogen (secondary N) is 1. The van der Waals surface area contributed by atoms with Crippen LogP contribution in [0.25, 0.3) is 0 Å². The molecule has 6 heteroatoms. The highest BCUT2D eigenvalue weighted by Gasteiger charge is 2.14. The first-order valence-electron chi connectivity index (χ1n) is 5.81. The predicted molar refractivity (Wildman–Crippen MR) is 77.0 cm³/mol. The molecule has 0 aromatic heterocycles. The molecule has 1 rings (SSSR count). The molecule has 1 N–H and O–H groups in total. The van der Waals surface area contributed by atoms with Crippen LogP contribution >= 0.6 is 23.2 Å². The number of likely N-dealkylation sites (N-methyl/N-ethyl adjacent to an activating group) is 1. The summed E-state index contributed by atoms with van der Waals surface area (Å²) in [5.41, 5.74) is 0.404. The highest BCUT2D eigenvalue weighted by molar-refractivity contribution is 6.36. The van der Waals surface area contributed by atoms with Crippen molar-refractivity contribution in [1.82, 2.24) is 10.2 Å². The average Bonchev–Trinajstić information content (AvgIpc) is 2.38. The Kier molecular flexibility index (Phi) is 6.28. The molecule has 0 aliphatic rings. The van der Waals surface area contributed by atoms with Gasteiger partial charge in [0, 0.05) is 30.6 Å². The number of carbonyl (C=O) groups excluding carboxylic acids is 2. The Balaban J connectivity index is 2.59. The molecule has 0 heterocycles. The van der Waals surface area contributed by atoms with Gasteiger partial charge >= 0.3 is 0 Å². The molecule has 104 valence electrons. The third kappa shape index (κ3) is 5.19. The zero-order valence-corrected chi connectivity index (χ0v) is 12.4. The van der Waals surface area contributed by atoms with Crippen LogP contribution in [0.3, 0.4) is 0 Å². The van der Waals surface area contributed by atoms with Crippen LogP contribution < -0.4 is 5.32 Å². The number of benzene rings is 1. The Morgan fingerprint density at radius 2 is 2.00 bits per heavy atom. The van der Waals surface area contributed by atoms with Crippen LogP contribution in [-0.4, -0.2) is 43.8 Å². The molecular formula is C13H16Cl2N2O2. The first-order valence-corrected chi connectivity index (χ1v) is 6.57. The van der Waals surface area contributed by atoms with Gasteiger partial charge in [-0.05, 0) is 25.2 Å². The number of ketones is 1. The topological polar surface area (TPSA) is 49.4 Å². The fourth-order valence-corrected chi connectivity index (χ4v) is 1.93. The second-order valence-corrected chi connectivity index (χ2v) is 5.05. The number of nitrogens with zero attached hydrogens (tertiary/aromatic N) is 1. The van der Waals surface area contributed by atoms with Crippen molar-refractivity contribution in [3.8, 4) is 0 Å². The number of halogens is 2. The summed E-state index contributed by atoms with van der Waals surface area (Å²) in [6.07, 6.45) is 0.351. The monoisotopic (exact) mass is 302 g/mol. The van der Waals surface area contributed by atoms with E-state index in [0.717, 1.165) is 0 Å². The molecule has 4 nitrogen and oxygen atoms in total. The van der Waals surface area contributed by atoms with Gasteiger partial charge in [-0.2, -0.15) is 0 Å². The van der Waals surface area contributed by atoms with Crippen molar-refractivity contribution in [2.75, 3.05) is 27.2 Å². The van der Waals surface area contributed by atoms with E-state index in [2.05, 4.69) is 5.32 Å². The van der Waals surface area contributed by atoms with Gasteiger partial charge in [-0.1, -0.05) is 23.2 Å². The molecular weight excluding hydrogens is 287 g/mol. The van der Waals surface area contributed by atoms with E-state index in [1.54, 1.807) is 37.2 Å². The second kappa shape index (κ2) is 7.48. The minimum absolute atomic E-state index is 0.0555. The summed E-state index contributed by atoms with van der Waals surface area (Å²) in [4.78, 5) is 24.9. The molecule has 0 saturated heterocycles. The van der Waals surface area contributed by atoms with Gasteiger partial charge in [0.15, 0.2) is 5.78 Å². The molecule has 0 bridgehead atoms. The van der Waals surface area contributed by atoms with Crippen LogP contribution in [0.4, 0.5) is 0 Å². The van der Waals surface area contributed by atoms with E-state index in [9.17, 15) is 9.59 Å². The second-order valence-electron chi connectivity index (χ2n) is 4.21. The average molecular weight is 303 g/mol. The fraction of sp³-hybridized carbons (Fsp3) is 0.385. The van der Waals surface area contributed by atoms with E-state index in [1.165, 1.54) is 0 Å². The maximum absolute atomic E-state index is 12.1. The number of amides is 1. The van der Waals surface area contributed by atoms with E-state index < -0.39 is 0 Å². The van der Waals surface area contributed by atoms with Gasteiger partial charge in [-0.25, -0.2) is 0 Å². The van der Waals surface area contributed by atoms with Crippen LogP contribution in [-0.2, 0) is 4.79 Å². The normalized spacial score (nSPS) is 10.6. The minimum Gasteiger partial charge on any atom is -0.359 e. The maximum atomic E-state index is 12.1. The number of hydrogen-bond donors (Lipinski definition) is 1. The Morgan fingerprint density at radius 1 is 1.32 bits per heavy atom. The van der Waals surface area contributed by atoms with Gasteiger partial charge in [-0.15, -0.1) is 0 Å². The summed E-state index contributed by atoms with van der Waals surface area (Å²) in [5.74, 6) is -0.174. The van der Waals surface area contributed by atoms with E-state index in [1.807, 2.05) is 0 Å². The van der Waals surface area contributed by atoms with Crippen molar-refractivity contribution >= 4 is 34.9 Å². The number of rotatable bonds is 6. The van der Waals surface area contributed by atoms with E-state index in [4.69, 9.17) is 23.2 Å². The predicted octanol–water partition coefficient (Wildman–Crippen LogP) is 2.24. The van der Waals surface area contributed by atoms with E-state index in [0.29, 0.717) is 28.6 Å². The summed E-state index contributed by atoms with van der Waals surface area (Å²) in [6.45, 7) is 0.695. The van der Waals surface area contributed by atoms with Gasteiger partial charge in [0.1, 0.15) is 0 Å². The molecule has 0 unspecified atom stereocenters. The molecule has 1 aromatic carbocycles. The smallest absolute Gasteiger partial charge is 0.221 e. The molecule has 19 heavy (non-hydrogen) atoms. The zero-order chi connectivity index (χ0) is 14.4. The number of hydrogen-bond acceptors (Lipinski definition) is 3. The molecule has 0 aliphatic carbocycles. The molecule has 0 saturated carbocycles. The first kappa shape index (κ1) is 16.0. The van der Waals surface area contributed by atoms with Crippen LogP contribution in [0, 0.1) is 0 Å². The zero-order valence-electron chi connectivity index (χ0n) is 10.9. The Bertz CT molecular complexity index is 478. The Hall–Kier alpha value is -1.10.